The van der Waals surface area contributed by atoms with Gasteiger partial charge in [0.15, 0.2) is 0 Å². The highest BCUT2D eigenvalue weighted by Crippen LogP contribution is 2.20. The summed E-state index contributed by atoms with van der Waals surface area (Å²) in [6.45, 7) is 1.37. The molecule has 1 aromatic rings. The smallest absolute Gasteiger partial charge is 0.340 e. The minimum absolute atomic E-state index is 0.225. The summed E-state index contributed by atoms with van der Waals surface area (Å²) < 4.78 is 19.0. The molecule has 0 aliphatic carbocycles. The number of halogens is 1. The molecule has 2 rings (SSSR count). The first-order chi connectivity index (χ1) is 9.18. The zero-order valence-corrected chi connectivity index (χ0v) is 10.7. The molecule has 0 saturated carbocycles. The van der Waals surface area contributed by atoms with E-state index in [-0.39, 0.29) is 11.7 Å². The van der Waals surface area contributed by atoms with Crippen LogP contribution >= 0.6 is 0 Å². The van der Waals surface area contributed by atoms with E-state index >= 15 is 0 Å². The van der Waals surface area contributed by atoms with E-state index in [0.717, 1.165) is 31.9 Å². The van der Waals surface area contributed by atoms with Gasteiger partial charge in [0.1, 0.15) is 11.4 Å². The zero-order chi connectivity index (χ0) is 13.7. The summed E-state index contributed by atoms with van der Waals surface area (Å²) in [5.41, 5.74) is 0.0235. The fraction of sp³-hybridized carbons (Fsp3) is 0.500. The van der Waals surface area contributed by atoms with Gasteiger partial charge in [-0.25, -0.2) is 9.18 Å². The molecule has 1 aliphatic heterocycles. The summed E-state index contributed by atoms with van der Waals surface area (Å²) in [7, 11) is 0. The molecule has 1 atom stereocenters. The molecule has 1 aromatic carbocycles. The van der Waals surface area contributed by atoms with E-state index in [1.807, 2.05) is 0 Å². The first-order valence-electron chi connectivity index (χ1n) is 6.56. The van der Waals surface area contributed by atoms with Crippen LogP contribution in [0.2, 0.25) is 0 Å². The molecule has 0 bridgehead atoms. The quantitative estimate of drug-likeness (QED) is 0.861. The second kappa shape index (κ2) is 6.52. The van der Waals surface area contributed by atoms with Gasteiger partial charge in [0, 0.05) is 13.2 Å². The zero-order valence-electron chi connectivity index (χ0n) is 10.7. The van der Waals surface area contributed by atoms with Crippen molar-refractivity contribution in [3.05, 3.63) is 29.6 Å². The molecule has 0 radical (unpaired) electrons. The minimum Gasteiger partial charge on any atom is -0.478 e. The number of carboxylic acid groups (broad SMARTS) is 1. The Balaban J connectivity index is 1.92. The summed E-state index contributed by atoms with van der Waals surface area (Å²) in [6.07, 6.45) is 4.34. The van der Waals surface area contributed by atoms with Crippen LogP contribution in [0.15, 0.2) is 18.2 Å². The Morgan fingerprint density at radius 2 is 2.32 bits per heavy atom. The van der Waals surface area contributed by atoms with Crippen LogP contribution in [0.25, 0.3) is 0 Å². The van der Waals surface area contributed by atoms with E-state index < -0.39 is 11.8 Å². The maximum absolute atomic E-state index is 13.4. The van der Waals surface area contributed by atoms with Gasteiger partial charge >= 0.3 is 5.97 Å². The molecule has 19 heavy (non-hydrogen) atoms. The van der Waals surface area contributed by atoms with Gasteiger partial charge in [-0.3, -0.25) is 0 Å². The highest BCUT2D eigenvalue weighted by molar-refractivity contribution is 5.94. The maximum Gasteiger partial charge on any atom is 0.340 e. The van der Waals surface area contributed by atoms with Gasteiger partial charge in [0.05, 0.1) is 11.8 Å². The normalized spacial score (nSPS) is 19.1. The fourth-order valence-electron chi connectivity index (χ4n) is 2.29. The van der Waals surface area contributed by atoms with E-state index in [1.165, 1.54) is 12.5 Å². The number of ether oxygens (including phenoxy) is 1. The molecule has 104 valence electrons. The molecule has 2 N–H and O–H groups in total. The predicted molar refractivity (Wildman–Crippen MR) is 70.1 cm³/mol. The Hall–Kier alpha value is -1.62. The van der Waals surface area contributed by atoms with Gasteiger partial charge in [-0.15, -0.1) is 0 Å². The molecule has 1 fully saturated rings. The van der Waals surface area contributed by atoms with Crippen molar-refractivity contribution in [2.75, 3.05) is 18.5 Å². The third-order valence-electron chi connectivity index (χ3n) is 3.28. The van der Waals surface area contributed by atoms with Crippen molar-refractivity contribution in [3.8, 4) is 0 Å². The molecule has 1 saturated heterocycles. The summed E-state index contributed by atoms with van der Waals surface area (Å²) in [4.78, 5) is 11.0. The third kappa shape index (κ3) is 3.67. The lowest BCUT2D eigenvalue weighted by Crippen LogP contribution is -2.22. The van der Waals surface area contributed by atoms with Crippen LogP contribution in [0, 0.1) is 5.82 Å². The van der Waals surface area contributed by atoms with Crippen LogP contribution in [-0.2, 0) is 4.74 Å². The lowest BCUT2D eigenvalue weighted by Gasteiger charge is -2.22. The molecule has 1 heterocycles. The molecule has 5 heteroatoms. The monoisotopic (exact) mass is 267 g/mol. The van der Waals surface area contributed by atoms with Crippen LogP contribution in [0.5, 0.6) is 0 Å². The van der Waals surface area contributed by atoms with Crippen molar-refractivity contribution in [1.29, 1.82) is 0 Å². The number of anilines is 1. The maximum atomic E-state index is 13.4. The van der Waals surface area contributed by atoms with Crippen molar-refractivity contribution in [3.63, 3.8) is 0 Å². The van der Waals surface area contributed by atoms with Gasteiger partial charge in [0.25, 0.3) is 0 Å². The average Bonchev–Trinajstić information content (AvgIpc) is 2.39. The van der Waals surface area contributed by atoms with Crippen molar-refractivity contribution < 1.29 is 19.0 Å². The van der Waals surface area contributed by atoms with Crippen LogP contribution in [0.4, 0.5) is 10.1 Å². The van der Waals surface area contributed by atoms with Crippen LogP contribution in [-0.4, -0.2) is 30.3 Å². The van der Waals surface area contributed by atoms with Gasteiger partial charge < -0.3 is 15.2 Å². The first kappa shape index (κ1) is 13.8. The molecule has 0 aromatic heterocycles. The van der Waals surface area contributed by atoms with Crippen molar-refractivity contribution in [1.82, 2.24) is 0 Å². The molecular weight excluding hydrogens is 249 g/mol. The molecular formula is C14H18FNO3. The Morgan fingerprint density at radius 1 is 1.47 bits per heavy atom. The molecule has 1 aliphatic rings. The second-order valence-electron chi connectivity index (χ2n) is 4.67. The highest BCUT2D eigenvalue weighted by Gasteiger charge is 2.17. The predicted octanol–water partition coefficient (Wildman–Crippen LogP) is 2.90. The molecule has 0 amide bonds. The molecule has 4 nitrogen and oxygen atoms in total. The van der Waals surface area contributed by atoms with E-state index in [1.54, 1.807) is 6.07 Å². The largest absolute Gasteiger partial charge is 0.478 e. The number of nitrogens with one attached hydrogen (secondary N) is 1. The Labute approximate surface area is 111 Å². The van der Waals surface area contributed by atoms with Crippen molar-refractivity contribution in [2.24, 2.45) is 0 Å². The number of rotatable bonds is 5. The second-order valence-corrected chi connectivity index (χ2v) is 4.67. The minimum atomic E-state index is -1.26. The standard InChI is InChI=1S/C14H18FNO3/c15-11-5-3-6-12(13(11)14(17)18)16-8-7-10-4-1-2-9-19-10/h3,5-6,10,16H,1-2,4,7-9H2,(H,17,18). The first-order valence-corrected chi connectivity index (χ1v) is 6.56. The van der Waals surface area contributed by atoms with Gasteiger partial charge in [0.2, 0.25) is 0 Å². The van der Waals surface area contributed by atoms with E-state index in [9.17, 15) is 9.18 Å². The molecule has 0 spiro atoms. The van der Waals surface area contributed by atoms with Gasteiger partial charge in [-0.1, -0.05) is 6.07 Å². The van der Waals surface area contributed by atoms with Crippen LogP contribution in [0.3, 0.4) is 0 Å². The van der Waals surface area contributed by atoms with E-state index in [0.29, 0.717) is 12.2 Å². The van der Waals surface area contributed by atoms with Crippen LogP contribution < -0.4 is 5.32 Å². The fourth-order valence-corrected chi connectivity index (χ4v) is 2.29. The lowest BCUT2D eigenvalue weighted by molar-refractivity contribution is 0.0134. The lowest BCUT2D eigenvalue weighted by atomic mass is 10.1. The van der Waals surface area contributed by atoms with E-state index in [4.69, 9.17) is 9.84 Å². The number of aromatic carboxylic acids is 1. The van der Waals surface area contributed by atoms with Gasteiger partial charge in [-0.05, 0) is 37.8 Å². The Kier molecular flexibility index (Phi) is 4.74. The number of carbonyl (C=O) groups is 1. The Bertz CT molecular complexity index is 444. The summed E-state index contributed by atoms with van der Waals surface area (Å²) in [5.74, 6) is -1.97. The summed E-state index contributed by atoms with van der Waals surface area (Å²) >= 11 is 0. The SMILES string of the molecule is O=C(O)c1c(F)cccc1NCCC1CCCCO1. The average molecular weight is 267 g/mol. The topological polar surface area (TPSA) is 58.6 Å². The van der Waals surface area contributed by atoms with E-state index in [2.05, 4.69) is 5.32 Å². The molecule has 1 unspecified atom stereocenters. The number of benzene rings is 1. The number of hydrogen-bond acceptors (Lipinski definition) is 3. The number of carboxylic acids is 1. The van der Waals surface area contributed by atoms with Crippen molar-refractivity contribution >= 4 is 11.7 Å². The third-order valence-corrected chi connectivity index (χ3v) is 3.28. The summed E-state index contributed by atoms with van der Waals surface area (Å²) in [6, 6.07) is 4.23. The van der Waals surface area contributed by atoms with Crippen LogP contribution in [0.1, 0.15) is 36.0 Å². The van der Waals surface area contributed by atoms with Crippen molar-refractivity contribution in [2.45, 2.75) is 31.8 Å². The van der Waals surface area contributed by atoms with Gasteiger partial charge in [-0.2, -0.15) is 0 Å². The number of hydrogen-bond donors (Lipinski definition) is 2. The highest BCUT2D eigenvalue weighted by atomic mass is 19.1. The Morgan fingerprint density at radius 3 is 3.00 bits per heavy atom. The summed E-state index contributed by atoms with van der Waals surface area (Å²) in [5, 5.41) is 12.0.